The molecule has 0 fully saturated rings. The highest BCUT2D eigenvalue weighted by Crippen LogP contribution is 2.45. The number of aromatic amines is 1. The number of nitrogens with zero attached hydrogens (tertiary/aromatic N) is 2. The van der Waals surface area contributed by atoms with Crippen LogP contribution in [0.4, 0.5) is 0 Å². The molecule has 3 aromatic rings. The van der Waals surface area contributed by atoms with Gasteiger partial charge in [0.25, 0.3) is 0 Å². The lowest BCUT2D eigenvalue weighted by molar-refractivity contribution is 0.0561. The van der Waals surface area contributed by atoms with Gasteiger partial charge in [-0.15, -0.1) is 5.10 Å². The van der Waals surface area contributed by atoms with Crippen LogP contribution in [0.5, 0.6) is 17.4 Å². The summed E-state index contributed by atoms with van der Waals surface area (Å²) in [7, 11) is 1.29. The zero-order chi connectivity index (χ0) is 24.9. The highest BCUT2D eigenvalue weighted by Gasteiger charge is 2.35. The Morgan fingerprint density at radius 2 is 2.06 bits per heavy atom. The number of nitriles is 1. The molecule has 4 rings (SSSR count). The fraction of sp³-hybridized carbons (Fsp3) is 0.320. The molecule has 0 saturated heterocycles. The molecular formula is C25H26N4O6. The van der Waals surface area contributed by atoms with Crippen molar-refractivity contribution in [2.75, 3.05) is 13.7 Å². The van der Waals surface area contributed by atoms with Crippen molar-refractivity contribution < 1.29 is 28.2 Å². The third-order valence-electron chi connectivity index (χ3n) is 5.54. The van der Waals surface area contributed by atoms with E-state index in [-0.39, 0.29) is 18.3 Å². The zero-order valence-corrected chi connectivity index (χ0v) is 19.7. The molecule has 0 bridgehead atoms. The van der Waals surface area contributed by atoms with Gasteiger partial charge < -0.3 is 29.1 Å². The Kier molecular flexibility index (Phi) is 6.96. The maximum Gasteiger partial charge on any atom is 0.373 e. The summed E-state index contributed by atoms with van der Waals surface area (Å²) in [6, 6.07) is 10.8. The van der Waals surface area contributed by atoms with Crippen molar-refractivity contribution in [1.82, 2.24) is 10.2 Å². The van der Waals surface area contributed by atoms with E-state index in [1.807, 2.05) is 19.1 Å². The molecule has 35 heavy (non-hydrogen) atoms. The van der Waals surface area contributed by atoms with Gasteiger partial charge in [-0.3, -0.25) is 5.10 Å². The summed E-state index contributed by atoms with van der Waals surface area (Å²) in [4.78, 5) is 11.6. The van der Waals surface area contributed by atoms with Crippen LogP contribution in [0, 0.1) is 11.3 Å². The van der Waals surface area contributed by atoms with Crippen molar-refractivity contribution in [3.05, 3.63) is 70.1 Å². The quantitative estimate of drug-likeness (QED) is 0.437. The number of methoxy groups -OCH3 is 1. The van der Waals surface area contributed by atoms with E-state index in [0.717, 1.165) is 29.7 Å². The van der Waals surface area contributed by atoms with E-state index < -0.39 is 11.9 Å². The van der Waals surface area contributed by atoms with E-state index in [0.29, 0.717) is 35.3 Å². The van der Waals surface area contributed by atoms with Crippen LogP contribution in [0.3, 0.4) is 0 Å². The summed E-state index contributed by atoms with van der Waals surface area (Å²) in [5.41, 5.74) is 8.84. The average Bonchev–Trinajstić information content (AvgIpc) is 3.49. The number of allylic oxidation sites excluding steroid dienone is 1. The van der Waals surface area contributed by atoms with Gasteiger partial charge in [-0.05, 0) is 43.2 Å². The molecule has 10 heteroatoms. The molecule has 0 spiro atoms. The Morgan fingerprint density at radius 1 is 1.23 bits per heavy atom. The third kappa shape index (κ3) is 4.66. The first-order valence-electron chi connectivity index (χ1n) is 11.2. The van der Waals surface area contributed by atoms with Gasteiger partial charge in [0.1, 0.15) is 24.0 Å². The molecule has 0 aliphatic carbocycles. The third-order valence-corrected chi connectivity index (χ3v) is 5.54. The molecule has 0 amide bonds. The number of rotatable bonds is 9. The Morgan fingerprint density at radius 3 is 2.77 bits per heavy atom. The number of carbonyl (C=O) groups is 1. The number of carbonyl (C=O) groups excluding carboxylic acids is 1. The minimum Gasteiger partial charge on any atom is -0.490 e. The van der Waals surface area contributed by atoms with Crippen LogP contribution in [-0.4, -0.2) is 29.9 Å². The average molecular weight is 479 g/mol. The lowest BCUT2D eigenvalue weighted by Gasteiger charge is -2.25. The Labute approximate surface area is 202 Å². The fourth-order valence-corrected chi connectivity index (χ4v) is 3.99. The number of hydrogen-bond donors (Lipinski definition) is 2. The van der Waals surface area contributed by atoms with Gasteiger partial charge in [-0.25, -0.2) is 4.79 Å². The number of ether oxygens (including phenoxy) is 4. The fourth-order valence-electron chi connectivity index (χ4n) is 3.99. The zero-order valence-electron chi connectivity index (χ0n) is 19.7. The van der Waals surface area contributed by atoms with Gasteiger partial charge in [0.15, 0.2) is 11.5 Å². The smallest absolute Gasteiger partial charge is 0.373 e. The number of esters is 1. The largest absolute Gasteiger partial charge is 0.490 e. The van der Waals surface area contributed by atoms with Crippen LogP contribution >= 0.6 is 0 Å². The molecule has 0 saturated carbocycles. The van der Waals surface area contributed by atoms with E-state index in [1.54, 1.807) is 12.1 Å². The summed E-state index contributed by atoms with van der Waals surface area (Å²) in [5.74, 6) is 0.891. The van der Waals surface area contributed by atoms with Crippen LogP contribution in [0.2, 0.25) is 0 Å². The number of nitrogens with one attached hydrogen (secondary N) is 1. The normalized spacial score (nSPS) is 14.6. The van der Waals surface area contributed by atoms with E-state index in [1.165, 1.54) is 13.2 Å². The number of aromatic nitrogens is 2. The number of H-pyrrole nitrogens is 1. The van der Waals surface area contributed by atoms with Gasteiger partial charge >= 0.3 is 5.97 Å². The lowest BCUT2D eigenvalue weighted by atomic mass is 9.83. The number of nitrogens with two attached hydrogens (primary N) is 1. The van der Waals surface area contributed by atoms with Gasteiger partial charge in [0.2, 0.25) is 17.5 Å². The van der Waals surface area contributed by atoms with Crippen LogP contribution in [-0.2, 0) is 17.8 Å². The Bertz CT molecular complexity index is 1300. The number of furan rings is 1. The minimum absolute atomic E-state index is 0.0251. The predicted molar refractivity (Wildman–Crippen MR) is 124 cm³/mol. The summed E-state index contributed by atoms with van der Waals surface area (Å²) in [6.45, 7) is 4.42. The van der Waals surface area contributed by atoms with Crippen LogP contribution in [0.25, 0.3) is 0 Å². The van der Waals surface area contributed by atoms with E-state index in [2.05, 4.69) is 27.9 Å². The molecule has 1 aromatic carbocycles. The van der Waals surface area contributed by atoms with Crippen molar-refractivity contribution in [2.45, 2.75) is 39.2 Å². The first kappa shape index (κ1) is 23.8. The Hall–Kier alpha value is -4.39. The first-order chi connectivity index (χ1) is 17.0. The van der Waals surface area contributed by atoms with Crippen molar-refractivity contribution >= 4 is 5.97 Å². The summed E-state index contributed by atoms with van der Waals surface area (Å²) in [6.07, 6.45) is 1.64. The lowest BCUT2D eigenvalue weighted by Crippen LogP contribution is -2.21. The van der Waals surface area contributed by atoms with Crippen molar-refractivity contribution in [2.24, 2.45) is 5.73 Å². The molecular weight excluding hydrogens is 452 g/mol. The minimum atomic E-state index is -0.561. The number of benzene rings is 1. The second-order valence-corrected chi connectivity index (χ2v) is 7.78. The molecule has 0 radical (unpaired) electrons. The Balaban J connectivity index is 1.67. The van der Waals surface area contributed by atoms with Gasteiger partial charge in [0, 0.05) is 11.3 Å². The second-order valence-electron chi connectivity index (χ2n) is 7.78. The summed E-state index contributed by atoms with van der Waals surface area (Å²) < 4.78 is 27.5. The van der Waals surface area contributed by atoms with Crippen LogP contribution in [0.1, 0.15) is 59.3 Å². The number of fused-ring (bicyclic) bond motifs is 1. The second kappa shape index (κ2) is 10.3. The number of hydrogen-bond acceptors (Lipinski definition) is 9. The highest BCUT2D eigenvalue weighted by atomic mass is 16.5. The van der Waals surface area contributed by atoms with Gasteiger partial charge in [0.05, 0.1) is 19.6 Å². The van der Waals surface area contributed by atoms with Gasteiger partial charge in [-0.2, -0.15) is 5.26 Å². The topological polar surface area (TPSA) is 146 Å². The molecule has 2 aromatic heterocycles. The summed E-state index contributed by atoms with van der Waals surface area (Å²) >= 11 is 0. The van der Waals surface area contributed by atoms with Crippen LogP contribution in [0.15, 0.2) is 46.2 Å². The maximum atomic E-state index is 11.6. The molecule has 3 N–H and O–H groups in total. The molecule has 3 heterocycles. The SMILES string of the molecule is CCCc1[nH]nc2c1[C@H](c1ccc(OCc3ccc(C(=O)OC)o3)c(OCC)c1)C(C#N)=C(N)O2. The number of aryl methyl sites for hydroxylation is 1. The highest BCUT2D eigenvalue weighted by molar-refractivity contribution is 5.86. The monoisotopic (exact) mass is 478 g/mol. The molecule has 1 aliphatic rings. The van der Waals surface area contributed by atoms with E-state index in [4.69, 9.17) is 24.4 Å². The maximum absolute atomic E-state index is 11.6. The molecule has 1 aliphatic heterocycles. The summed E-state index contributed by atoms with van der Waals surface area (Å²) in [5, 5.41) is 17.2. The van der Waals surface area contributed by atoms with Crippen molar-refractivity contribution in [1.29, 1.82) is 5.26 Å². The predicted octanol–water partition coefficient (Wildman–Crippen LogP) is 3.94. The molecule has 0 unspecified atom stereocenters. The van der Waals surface area contributed by atoms with Crippen LogP contribution < -0.4 is 19.9 Å². The van der Waals surface area contributed by atoms with Crippen molar-refractivity contribution in [3.63, 3.8) is 0 Å². The van der Waals surface area contributed by atoms with E-state index >= 15 is 0 Å². The molecule has 1 atom stereocenters. The van der Waals surface area contributed by atoms with Gasteiger partial charge in [-0.1, -0.05) is 19.4 Å². The molecule has 10 nitrogen and oxygen atoms in total. The van der Waals surface area contributed by atoms with E-state index in [9.17, 15) is 10.1 Å². The first-order valence-corrected chi connectivity index (χ1v) is 11.2. The molecule has 182 valence electrons. The van der Waals surface area contributed by atoms with Crippen molar-refractivity contribution in [3.8, 4) is 23.4 Å². The standard InChI is InChI=1S/C25H26N4O6/c1-4-6-17-22-21(16(12-26)23(27)35-24(22)29-28-17)14-7-9-18(20(11-14)32-5-2)33-13-15-8-10-19(34-15)25(30)31-3/h7-11,21H,4-6,13,27H2,1-3H3,(H,28,29)/t21-/m1/s1.